The number of rotatable bonds is 2. The third-order valence-corrected chi connectivity index (χ3v) is 5.21. The average molecular weight is 355 g/mol. The van der Waals surface area contributed by atoms with Gasteiger partial charge in [-0.25, -0.2) is 0 Å². The molecule has 1 aliphatic heterocycles. The molecule has 0 saturated carbocycles. The van der Waals surface area contributed by atoms with Crippen molar-refractivity contribution in [2.24, 2.45) is 0 Å². The van der Waals surface area contributed by atoms with E-state index in [2.05, 4.69) is 0 Å². The smallest absolute Gasteiger partial charge is 0.416 e. The quantitative estimate of drug-likeness (QED) is 0.706. The number of para-hydroxylation sites is 1. The molecule has 1 aliphatic rings. The summed E-state index contributed by atoms with van der Waals surface area (Å²) < 4.78 is 35.5. The van der Waals surface area contributed by atoms with Crippen molar-refractivity contribution in [2.75, 3.05) is 7.11 Å². The maximum absolute atomic E-state index is 12.5. The van der Waals surface area contributed by atoms with Gasteiger partial charge in [-0.05, 0) is 41.5 Å². The first-order chi connectivity index (χ1) is 12.0. The Kier molecular flexibility index (Phi) is 3.40. The van der Waals surface area contributed by atoms with E-state index in [-0.39, 0.29) is 11.4 Å². The molecule has 6 nitrogen and oxygen atoms in total. The van der Waals surface area contributed by atoms with E-state index in [0.29, 0.717) is 20.8 Å². The molecule has 25 heavy (non-hydrogen) atoms. The Balaban J connectivity index is 1.98. The Bertz CT molecular complexity index is 1130. The number of pyridine rings is 1. The van der Waals surface area contributed by atoms with Crippen LogP contribution < -0.4 is 14.5 Å². The van der Waals surface area contributed by atoms with E-state index in [1.165, 1.54) is 6.07 Å². The maximum atomic E-state index is 12.5. The zero-order valence-corrected chi connectivity index (χ0v) is 14.0. The molecule has 0 radical (unpaired) electrons. The molecule has 1 aromatic heterocycles. The molecule has 0 unspecified atom stereocenters. The van der Waals surface area contributed by atoms with E-state index >= 15 is 0 Å². The van der Waals surface area contributed by atoms with E-state index in [1.54, 1.807) is 49.6 Å². The van der Waals surface area contributed by atoms with E-state index in [9.17, 15) is 13.2 Å². The van der Waals surface area contributed by atoms with Gasteiger partial charge in [0.25, 0.3) is 5.56 Å². The summed E-state index contributed by atoms with van der Waals surface area (Å²) in [5, 5.41) is 0. The van der Waals surface area contributed by atoms with Gasteiger partial charge < -0.3 is 8.92 Å². The third-order valence-electron chi connectivity index (χ3n) is 4.00. The first kappa shape index (κ1) is 15.5. The number of nitrogens with zero attached hydrogens (tertiary/aromatic N) is 1. The molecule has 0 saturated heterocycles. The van der Waals surface area contributed by atoms with Crippen molar-refractivity contribution in [3.63, 3.8) is 0 Å². The molecule has 2 aromatic carbocycles. The summed E-state index contributed by atoms with van der Waals surface area (Å²) in [5.41, 5.74) is 1.55. The summed E-state index contributed by atoms with van der Waals surface area (Å²) in [6.07, 6.45) is 0. The van der Waals surface area contributed by atoms with E-state index in [1.807, 2.05) is 12.1 Å². The van der Waals surface area contributed by atoms with Gasteiger partial charge in [-0.15, -0.1) is 0 Å². The molecular formula is C18H13NO5S. The zero-order chi connectivity index (χ0) is 17.6. The fourth-order valence-corrected chi connectivity index (χ4v) is 3.94. The highest BCUT2D eigenvalue weighted by Gasteiger charge is 2.30. The lowest BCUT2D eigenvalue weighted by Crippen LogP contribution is -2.34. The van der Waals surface area contributed by atoms with Gasteiger partial charge in [0.2, 0.25) is 0 Å². The largest absolute Gasteiger partial charge is 0.497 e. The second-order valence-corrected chi connectivity index (χ2v) is 6.88. The van der Waals surface area contributed by atoms with E-state index in [4.69, 9.17) is 8.92 Å². The van der Waals surface area contributed by atoms with Crippen LogP contribution in [0.3, 0.4) is 0 Å². The van der Waals surface area contributed by atoms with Gasteiger partial charge in [0.1, 0.15) is 5.75 Å². The highest BCUT2D eigenvalue weighted by molar-refractivity contribution is 7.85. The highest BCUT2D eigenvalue weighted by Crippen LogP contribution is 2.36. The fourth-order valence-electron chi connectivity index (χ4n) is 2.83. The van der Waals surface area contributed by atoms with Gasteiger partial charge in [-0.1, -0.05) is 24.3 Å². The summed E-state index contributed by atoms with van der Waals surface area (Å²) in [5.74, 6) is 0.897. The van der Waals surface area contributed by atoms with Crippen molar-refractivity contribution in [1.82, 2.24) is 3.97 Å². The second kappa shape index (κ2) is 5.49. The average Bonchev–Trinajstić information content (AvgIpc) is 2.60. The van der Waals surface area contributed by atoms with Crippen LogP contribution in [0, 0.1) is 0 Å². The van der Waals surface area contributed by atoms with Crippen LogP contribution in [-0.4, -0.2) is 19.5 Å². The van der Waals surface area contributed by atoms with E-state index in [0.717, 1.165) is 5.56 Å². The van der Waals surface area contributed by atoms with Crippen molar-refractivity contribution >= 4 is 10.3 Å². The Morgan fingerprint density at radius 3 is 2.40 bits per heavy atom. The first-order valence-electron chi connectivity index (χ1n) is 7.45. The van der Waals surface area contributed by atoms with Crippen LogP contribution in [0.5, 0.6) is 11.5 Å². The van der Waals surface area contributed by atoms with Crippen molar-refractivity contribution in [3.8, 4) is 33.9 Å². The number of benzene rings is 2. The molecule has 0 atom stereocenters. The van der Waals surface area contributed by atoms with Crippen molar-refractivity contribution in [1.29, 1.82) is 0 Å². The zero-order valence-electron chi connectivity index (χ0n) is 13.2. The van der Waals surface area contributed by atoms with Crippen LogP contribution in [0.25, 0.3) is 22.4 Å². The van der Waals surface area contributed by atoms with Crippen LogP contribution in [0.4, 0.5) is 0 Å². The lowest BCUT2D eigenvalue weighted by atomic mass is 10.0. The minimum absolute atomic E-state index is 0.203. The molecule has 3 aromatic rings. The Labute approximate surface area is 144 Å². The summed E-state index contributed by atoms with van der Waals surface area (Å²) >= 11 is 0. The number of aromatic nitrogens is 1. The minimum Gasteiger partial charge on any atom is -0.497 e. The van der Waals surface area contributed by atoms with Gasteiger partial charge >= 0.3 is 10.3 Å². The molecular weight excluding hydrogens is 342 g/mol. The van der Waals surface area contributed by atoms with E-state index < -0.39 is 15.9 Å². The molecule has 0 fully saturated rings. The third kappa shape index (κ3) is 2.49. The van der Waals surface area contributed by atoms with Crippen LogP contribution in [0.15, 0.2) is 65.5 Å². The minimum atomic E-state index is -4.21. The molecule has 0 aliphatic carbocycles. The standard InChI is InChI=1S/C18H13NO5S/c1-23-14-8-6-12(7-9-14)13-10-16-15-4-2-3-5-17(15)24-25(21,22)19(16)18(20)11-13/h2-11H,1H3. The SMILES string of the molecule is COc1ccc(-c2cc3n(c(=O)c2)S(=O)(=O)Oc2ccccc2-3)cc1. The van der Waals surface area contributed by atoms with Crippen LogP contribution >= 0.6 is 0 Å². The molecule has 0 spiro atoms. The lowest BCUT2D eigenvalue weighted by Gasteiger charge is -2.22. The van der Waals surface area contributed by atoms with Crippen LogP contribution in [-0.2, 0) is 10.3 Å². The van der Waals surface area contributed by atoms with Crippen molar-refractivity contribution in [3.05, 3.63) is 71.0 Å². The molecule has 7 heteroatoms. The van der Waals surface area contributed by atoms with Gasteiger partial charge in [-0.3, -0.25) is 4.79 Å². The van der Waals surface area contributed by atoms with Crippen LogP contribution in [0.2, 0.25) is 0 Å². The molecule has 0 N–H and O–H groups in total. The van der Waals surface area contributed by atoms with Crippen molar-refractivity contribution < 1.29 is 17.3 Å². The van der Waals surface area contributed by atoms with Gasteiger partial charge in [0.05, 0.1) is 12.8 Å². The second-order valence-electron chi connectivity index (χ2n) is 5.50. The monoisotopic (exact) mass is 355 g/mol. The summed E-state index contributed by atoms with van der Waals surface area (Å²) in [4.78, 5) is 12.5. The summed E-state index contributed by atoms with van der Waals surface area (Å²) in [6, 6.07) is 16.8. The molecule has 126 valence electrons. The maximum Gasteiger partial charge on any atom is 0.416 e. The van der Waals surface area contributed by atoms with Crippen LogP contribution in [0.1, 0.15) is 0 Å². The molecule has 0 amide bonds. The van der Waals surface area contributed by atoms with Crippen molar-refractivity contribution in [2.45, 2.75) is 0 Å². The summed E-state index contributed by atoms with van der Waals surface area (Å²) in [7, 11) is -2.64. The van der Waals surface area contributed by atoms with Gasteiger partial charge in [-0.2, -0.15) is 12.4 Å². The van der Waals surface area contributed by atoms with Gasteiger partial charge in [0, 0.05) is 11.6 Å². The topological polar surface area (TPSA) is 74.6 Å². The molecule has 0 bridgehead atoms. The first-order valence-corrected chi connectivity index (χ1v) is 8.82. The lowest BCUT2D eigenvalue weighted by molar-refractivity contribution is 0.415. The Hall–Kier alpha value is -3.06. The molecule has 2 heterocycles. The highest BCUT2D eigenvalue weighted by atomic mass is 32.2. The predicted molar refractivity (Wildman–Crippen MR) is 93.1 cm³/mol. The fraction of sp³-hybridized carbons (Fsp3) is 0.0556. The number of fused-ring (bicyclic) bond motifs is 3. The number of hydrogen-bond acceptors (Lipinski definition) is 5. The molecule has 4 rings (SSSR count). The number of ether oxygens (including phenoxy) is 1. The van der Waals surface area contributed by atoms with Gasteiger partial charge in [0.15, 0.2) is 5.75 Å². The predicted octanol–water partition coefficient (Wildman–Crippen LogP) is 2.68. The Morgan fingerprint density at radius 1 is 0.960 bits per heavy atom. The number of hydrogen-bond donors (Lipinski definition) is 0. The summed E-state index contributed by atoms with van der Waals surface area (Å²) in [6.45, 7) is 0. The number of methoxy groups -OCH3 is 1. The normalized spacial score (nSPS) is 14.1. The Morgan fingerprint density at radius 2 is 1.68 bits per heavy atom.